The summed E-state index contributed by atoms with van der Waals surface area (Å²) in [5.41, 5.74) is 2.45. The summed E-state index contributed by atoms with van der Waals surface area (Å²) in [6.45, 7) is 0.281. The minimum atomic E-state index is -4.38. The highest BCUT2D eigenvalue weighted by Gasteiger charge is 2.30. The van der Waals surface area contributed by atoms with E-state index >= 15 is 0 Å². The van der Waals surface area contributed by atoms with Crippen LogP contribution in [0.15, 0.2) is 66.7 Å². The standard InChI is InChI=1S/C21H14F3N5/c22-21(23,24)14-6-3-5-13(11-14)12-29-18-10-2-1-7-15(18)16-8-4-9-17(19(16)29)20-25-27-28-26-20/h1-11H,12H2,(H,25,26,27,28). The minimum absolute atomic E-state index is 0.281. The van der Waals surface area contributed by atoms with Gasteiger partial charge in [-0.25, -0.2) is 0 Å². The molecule has 0 aliphatic carbocycles. The van der Waals surface area contributed by atoms with Gasteiger partial charge >= 0.3 is 6.18 Å². The number of hydrogen-bond acceptors (Lipinski definition) is 3. The summed E-state index contributed by atoms with van der Waals surface area (Å²) >= 11 is 0. The summed E-state index contributed by atoms with van der Waals surface area (Å²) in [6, 6.07) is 19.0. The van der Waals surface area contributed by atoms with Crippen molar-refractivity contribution >= 4 is 21.8 Å². The number of aromatic nitrogens is 5. The lowest BCUT2D eigenvalue weighted by Crippen LogP contribution is -2.07. The number of aromatic amines is 1. The predicted octanol–water partition coefficient (Wildman–Crippen LogP) is 5.04. The van der Waals surface area contributed by atoms with Crippen LogP contribution in [0.5, 0.6) is 0 Å². The van der Waals surface area contributed by atoms with Gasteiger partial charge in [0, 0.05) is 28.4 Å². The van der Waals surface area contributed by atoms with Crippen LogP contribution in [0.3, 0.4) is 0 Å². The normalized spacial score (nSPS) is 12.1. The monoisotopic (exact) mass is 393 g/mol. The first kappa shape index (κ1) is 17.4. The summed E-state index contributed by atoms with van der Waals surface area (Å²) < 4.78 is 41.5. The Bertz CT molecular complexity index is 1320. The van der Waals surface area contributed by atoms with Crippen LogP contribution in [0.25, 0.3) is 33.2 Å². The van der Waals surface area contributed by atoms with E-state index in [1.54, 1.807) is 6.07 Å². The van der Waals surface area contributed by atoms with E-state index in [9.17, 15) is 13.2 Å². The largest absolute Gasteiger partial charge is 0.416 e. The second kappa shape index (κ2) is 6.44. The maximum atomic E-state index is 13.2. The average Bonchev–Trinajstić information content (AvgIpc) is 3.35. The predicted molar refractivity (Wildman–Crippen MR) is 103 cm³/mol. The summed E-state index contributed by atoms with van der Waals surface area (Å²) in [7, 11) is 0. The molecule has 0 radical (unpaired) electrons. The van der Waals surface area contributed by atoms with Crippen molar-refractivity contribution < 1.29 is 13.2 Å². The van der Waals surface area contributed by atoms with Crippen LogP contribution in [0.4, 0.5) is 13.2 Å². The van der Waals surface area contributed by atoms with Crippen LogP contribution in [-0.4, -0.2) is 25.2 Å². The highest BCUT2D eigenvalue weighted by atomic mass is 19.4. The number of nitrogens with zero attached hydrogens (tertiary/aromatic N) is 4. The van der Waals surface area contributed by atoms with Crippen molar-refractivity contribution in [1.29, 1.82) is 0 Å². The SMILES string of the molecule is FC(F)(F)c1cccc(Cn2c3ccccc3c3cccc(-c4nn[nH]n4)c32)c1. The van der Waals surface area contributed by atoms with Gasteiger partial charge in [0.25, 0.3) is 0 Å². The van der Waals surface area contributed by atoms with Crippen molar-refractivity contribution in [3.63, 3.8) is 0 Å². The van der Waals surface area contributed by atoms with Gasteiger partial charge in [-0.2, -0.15) is 18.4 Å². The van der Waals surface area contributed by atoms with Gasteiger partial charge in [0.1, 0.15) is 0 Å². The number of nitrogens with one attached hydrogen (secondary N) is 1. The Morgan fingerprint density at radius 3 is 2.48 bits per heavy atom. The quantitative estimate of drug-likeness (QED) is 0.467. The number of para-hydroxylation sites is 2. The van der Waals surface area contributed by atoms with Gasteiger partial charge in [-0.05, 0) is 35.0 Å². The molecule has 5 rings (SSSR count). The molecule has 29 heavy (non-hydrogen) atoms. The molecule has 144 valence electrons. The fourth-order valence-corrected chi connectivity index (χ4v) is 3.76. The molecule has 0 amide bonds. The molecule has 2 heterocycles. The third-order valence-electron chi connectivity index (χ3n) is 4.97. The Kier molecular flexibility index (Phi) is 3.87. The van der Waals surface area contributed by atoms with E-state index in [0.717, 1.165) is 33.4 Å². The molecular weight excluding hydrogens is 379 g/mol. The van der Waals surface area contributed by atoms with Gasteiger partial charge in [-0.3, -0.25) is 0 Å². The summed E-state index contributed by atoms with van der Waals surface area (Å²) in [6.07, 6.45) is -4.38. The molecule has 0 spiro atoms. The molecule has 0 unspecified atom stereocenters. The number of H-pyrrole nitrogens is 1. The number of fused-ring (bicyclic) bond motifs is 3. The molecular formula is C21H14F3N5. The van der Waals surface area contributed by atoms with E-state index in [2.05, 4.69) is 20.6 Å². The topological polar surface area (TPSA) is 59.4 Å². The van der Waals surface area contributed by atoms with E-state index in [0.29, 0.717) is 11.4 Å². The van der Waals surface area contributed by atoms with Crippen LogP contribution in [-0.2, 0) is 12.7 Å². The van der Waals surface area contributed by atoms with Crippen molar-refractivity contribution in [1.82, 2.24) is 25.2 Å². The fourth-order valence-electron chi connectivity index (χ4n) is 3.76. The van der Waals surface area contributed by atoms with Crippen molar-refractivity contribution in [2.24, 2.45) is 0 Å². The maximum Gasteiger partial charge on any atom is 0.416 e. The first-order valence-corrected chi connectivity index (χ1v) is 8.92. The average molecular weight is 393 g/mol. The Hall–Kier alpha value is -3.68. The van der Waals surface area contributed by atoms with Crippen LogP contribution >= 0.6 is 0 Å². The zero-order chi connectivity index (χ0) is 20.0. The lowest BCUT2D eigenvalue weighted by atomic mass is 10.1. The minimum Gasteiger partial charge on any atom is -0.335 e. The number of alkyl halides is 3. The molecule has 0 atom stereocenters. The van der Waals surface area contributed by atoms with Crippen molar-refractivity contribution in [2.75, 3.05) is 0 Å². The highest BCUT2D eigenvalue weighted by molar-refractivity contribution is 6.12. The van der Waals surface area contributed by atoms with Gasteiger partial charge in [0.15, 0.2) is 0 Å². The third kappa shape index (κ3) is 2.93. The molecule has 2 aromatic heterocycles. The number of hydrogen-bond donors (Lipinski definition) is 1. The van der Waals surface area contributed by atoms with Crippen molar-refractivity contribution in [2.45, 2.75) is 12.7 Å². The Morgan fingerprint density at radius 2 is 1.69 bits per heavy atom. The second-order valence-electron chi connectivity index (χ2n) is 6.74. The van der Waals surface area contributed by atoms with Crippen LogP contribution in [0.2, 0.25) is 0 Å². The number of benzene rings is 3. The van der Waals surface area contributed by atoms with E-state index in [-0.39, 0.29) is 6.54 Å². The number of tetrazole rings is 1. The zero-order valence-electron chi connectivity index (χ0n) is 15.0. The lowest BCUT2D eigenvalue weighted by Gasteiger charge is -2.12. The summed E-state index contributed by atoms with van der Waals surface area (Å²) in [5.74, 6) is 0.434. The molecule has 3 aromatic carbocycles. The van der Waals surface area contributed by atoms with Gasteiger partial charge in [0.05, 0.1) is 11.1 Å². The van der Waals surface area contributed by atoms with Gasteiger partial charge in [0.2, 0.25) is 5.82 Å². The van der Waals surface area contributed by atoms with Crippen LogP contribution in [0.1, 0.15) is 11.1 Å². The van der Waals surface area contributed by atoms with E-state index in [4.69, 9.17) is 0 Å². The fraction of sp³-hybridized carbons (Fsp3) is 0.0952. The molecule has 5 aromatic rings. The maximum absolute atomic E-state index is 13.2. The number of halogens is 3. The molecule has 0 saturated carbocycles. The first-order chi connectivity index (χ1) is 14.0. The smallest absolute Gasteiger partial charge is 0.335 e. The van der Waals surface area contributed by atoms with Gasteiger partial charge in [-0.15, -0.1) is 10.2 Å². The second-order valence-corrected chi connectivity index (χ2v) is 6.74. The van der Waals surface area contributed by atoms with E-state index in [1.165, 1.54) is 12.1 Å². The molecule has 5 nitrogen and oxygen atoms in total. The molecule has 0 fully saturated rings. The van der Waals surface area contributed by atoms with Crippen LogP contribution < -0.4 is 0 Å². The van der Waals surface area contributed by atoms with Crippen molar-refractivity contribution in [3.05, 3.63) is 77.9 Å². The Morgan fingerprint density at radius 1 is 0.897 bits per heavy atom. The molecule has 0 saturated heterocycles. The molecule has 0 bridgehead atoms. The molecule has 0 aliphatic rings. The van der Waals surface area contributed by atoms with Gasteiger partial charge in [-0.1, -0.05) is 42.5 Å². The molecule has 0 aliphatic heterocycles. The van der Waals surface area contributed by atoms with Gasteiger partial charge < -0.3 is 4.57 Å². The van der Waals surface area contributed by atoms with E-state index < -0.39 is 11.7 Å². The highest BCUT2D eigenvalue weighted by Crippen LogP contribution is 2.36. The van der Waals surface area contributed by atoms with Crippen LogP contribution in [0, 0.1) is 0 Å². The Labute approximate surface area is 162 Å². The number of rotatable bonds is 3. The summed E-state index contributed by atoms with van der Waals surface area (Å²) in [4.78, 5) is 0. The van der Waals surface area contributed by atoms with Crippen molar-refractivity contribution in [3.8, 4) is 11.4 Å². The molecule has 8 heteroatoms. The summed E-state index contributed by atoms with van der Waals surface area (Å²) in [5, 5.41) is 16.3. The zero-order valence-corrected chi connectivity index (χ0v) is 15.0. The molecule has 1 N–H and O–H groups in total. The van der Waals surface area contributed by atoms with E-state index in [1.807, 2.05) is 47.0 Å². The third-order valence-corrected chi connectivity index (χ3v) is 4.97. The Balaban J connectivity index is 1.76. The lowest BCUT2D eigenvalue weighted by molar-refractivity contribution is -0.137. The first-order valence-electron chi connectivity index (χ1n) is 8.92.